The summed E-state index contributed by atoms with van der Waals surface area (Å²) in [5.74, 6) is 0.708. The lowest BCUT2D eigenvalue weighted by molar-refractivity contribution is 0.308. The molecule has 7 heteroatoms. The Labute approximate surface area is 166 Å². The molecule has 0 spiro atoms. The number of methoxy groups -OCH3 is 1. The van der Waals surface area contributed by atoms with E-state index in [1.54, 1.807) is 37.6 Å². The zero-order valence-electron chi connectivity index (χ0n) is 16.6. The maximum absolute atomic E-state index is 13.3. The molecule has 0 aliphatic heterocycles. The summed E-state index contributed by atoms with van der Waals surface area (Å²) in [5, 5.41) is 0.894. The number of fused-ring (bicyclic) bond motifs is 1. The molecule has 150 valence electrons. The van der Waals surface area contributed by atoms with Crippen molar-refractivity contribution in [3.8, 4) is 5.75 Å². The van der Waals surface area contributed by atoms with Gasteiger partial charge in [-0.2, -0.15) is 0 Å². The van der Waals surface area contributed by atoms with Crippen molar-refractivity contribution in [1.29, 1.82) is 0 Å². The Morgan fingerprint density at radius 3 is 2.36 bits per heavy atom. The molecule has 2 aromatic carbocycles. The maximum Gasteiger partial charge on any atom is 0.268 e. The number of hydrogen-bond donors (Lipinski definition) is 1. The van der Waals surface area contributed by atoms with E-state index in [1.807, 2.05) is 6.07 Å². The predicted octanol–water partition coefficient (Wildman–Crippen LogP) is 3.35. The van der Waals surface area contributed by atoms with Gasteiger partial charge in [0.05, 0.1) is 17.5 Å². The summed E-state index contributed by atoms with van der Waals surface area (Å²) < 4.78 is 33.2. The third kappa shape index (κ3) is 3.86. The highest BCUT2D eigenvalue weighted by Crippen LogP contribution is 2.30. The number of likely N-dealkylation sites (N-methyl/N-ethyl adjacent to an activating group) is 1. The van der Waals surface area contributed by atoms with Crippen LogP contribution < -0.4 is 10.5 Å². The van der Waals surface area contributed by atoms with Gasteiger partial charge in [0, 0.05) is 23.8 Å². The summed E-state index contributed by atoms with van der Waals surface area (Å²) in [4.78, 5) is 2.53. The van der Waals surface area contributed by atoms with Crippen LogP contribution in [0.25, 0.3) is 10.9 Å². The second kappa shape index (κ2) is 8.24. The molecule has 0 amide bonds. The van der Waals surface area contributed by atoms with Crippen LogP contribution in [0.15, 0.2) is 53.6 Å². The molecule has 0 aliphatic rings. The number of nitrogens with zero attached hydrogens (tertiary/aromatic N) is 2. The average molecular weight is 402 g/mol. The zero-order valence-corrected chi connectivity index (χ0v) is 17.4. The first-order chi connectivity index (χ1) is 13.4. The van der Waals surface area contributed by atoms with Crippen LogP contribution >= 0.6 is 0 Å². The van der Waals surface area contributed by atoms with Crippen LogP contribution in [0.2, 0.25) is 0 Å². The van der Waals surface area contributed by atoms with Gasteiger partial charge in [-0.3, -0.25) is 0 Å². The highest BCUT2D eigenvalue weighted by molar-refractivity contribution is 7.90. The quantitative estimate of drug-likeness (QED) is 0.586. The van der Waals surface area contributed by atoms with Gasteiger partial charge < -0.3 is 15.4 Å². The minimum Gasteiger partial charge on any atom is -0.497 e. The van der Waals surface area contributed by atoms with Gasteiger partial charge in [-0.1, -0.05) is 13.8 Å². The Bertz CT molecular complexity index is 1050. The molecule has 0 radical (unpaired) electrons. The molecule has 28 heavy (non-hydrogen) atoms. The number of hydrogen-bond acceptors (Lipinski definition) is 5. The SMILES string of the molecule is CCN(CC)CCc1cn(S(=O)(=O)c2ccc(N)cc2)c2ccc(OC)cc12. The fourth-order valence-electron chi connectivity index (χ4n) is 3.34. The minimum absolute atomic E-state index is 0.213. The van der Waals surface area contributed by atoms with Gasteiger partial charge in [0.2, 0.25) is 0 Å². The zero-order chi connectivity index (χ0) is 20.3. The average Bonchev–Trinajstić information content (AvgIpc) is 3.07. The van der Waals surface area contributed by atoms with Crippen LogP contribution in [0, 0.1) is 0 Å². The molecule has 0 fully saturated rings. The van der Waals surface area contributed by atoms with Crippen LogP contribution in [0.1, 0.15) is 19.4 Å². The van der Waals surface area contributed by atoms with Gasteiger partial charge in [0.25, 0.3) is 10.0 Å². The van der Waals surface area contributed by atoms with Crippen molar-refractivity contribution in [2.75, 3.05) is 32.5 Å². The summed E-state index contributed by atoms with van der Waals surface area (Å²) in [7, 11) is -2.11. The van der Waals surface area contributed by atoms with Gasteiger partial charge in [0.15, 0.2) is 0 Å². The van der Waals surface area contributed by atoms with E-state index >= 15 is 0 Å². The number of benzene rings is 2. The fourth-order valence-corrected chi connectivity index (χ4v) is 4.73. The topological polar surface area (TPSA) is 77.6 Å². The Kier molecular flexibility index (Phi) is 5.96. The molecule has 0 saturated carbocycles. The molecule has 0 saturated heterocycles. The molecular weight excluding hydrogens is 374 g/mol. The summed E-state index contributed by atoms with van der Waals surface area (Å²) in [5.41, 5.74) is 7.87. The molecule has 1 aromatic heterocycles. The van der Waals surface area contributed by atoms with Crippen molar-refractivity contribution >= 4 is 26.6 Å². The third-order valence-corrected chi connectivity index (χ3v) is 6.78. The molecular formula is C21H27N3O3S. The minimum atomic E-state index is -3.72. The van der Waals surface area contributed by atoms with E-state index in [-0.39, 0.29) is 4.90 Å². The third-order valence-electron chi connectivity index (χ3n) is 5.09. The smallest absolute Gasteiger partial charge is 0.268 e. The molecule has 0 aliphatic carbocycles. The Morgan fingerprint density at radius 1 is 1.07 bits per heavy atom. The Hall–Kier alpha value is -2.51. The van der Waals surface area contributed by atoms with Gasteiger partial charge >= 0.3 is 0 Å². The lowest BCUT2D eigenvalue weighted by atomic mass is 10.1. The fraction of sp³-hybridized carbons (Fsp3) is 0.333. The Balaban J connectivity index is 2.11. The molecule has 2 N–H and O–H groups in total. The molecule has 0 bridgehead atoms. The second-order valence-corrected chi connectivity index (χ2v) is 8.50. The summed E-state index contributed by atoms with van der Waals surface area (Å²) in [6, 6.07) is 11.8. The van der Waals surface area contributed by atoms with Crippen molar-refractivity contribution < 1.29 is 13.2 Å². The lowest BCUT2D eigenvalue weighted by Crippen LogP contribution is -2.25. The van der Waals surface area contributed by atoms with Crippen molar-refractivity contribution in [1.82, 2.24) is 8.87 Å². The van der Waals surface area contributed by atoms with E-state index in [0.717, 1.165) is 37.0 Å². The largest absolute Gasteiger partial charge is 0.497 e. The maximum atomic E-state index is 13.3. The Morgan fingerprint density at radius 2 is 1.75 bits per heavy atom. The van der Waals surface area contributed by atoms with E-state index in [9.17, 15) is 8.42 Å². The van der Waals surface area contributed by atoms with E-state index < -0.39 is 10.0 Å². The normalized spacial score (nSPS) is 12.0. The van der Waals surface area contributed by atoms with Crippen LogP contribution in [0.4, 0.5) is 5.69 Å². The first kappa shape index (κ1) is 20.2. The monoisotopic (exact) mass is 401 g/mol. The molecule has 3 aromatic rings. The number of aromatic nitrogens is 1. The first-order valence-electron chi connectivity index (χ1n) is 9.42. The van der Waals surface area contributed by atoms with E-state index in [1.165, 1.54) is 16.1 Å². The van der Waals surface area contributed by atoms with Gasteiger partial charge in [-0.25, -0.2) is 12.4 Å². The summed E-state index contributed by atoms with van der Waals surface area (Å²) in [6.45, 7) is 7.04. The molecule has 1 heterocycles. The number of ether oxygens (including phenoxy) is 1. The molecule has 0 unspecified atom stereocenters. The van der Waals surface area contributed by atoms with Gasteiger partial charge in [-0.15, -0.1) is 0 Å². The highest BCUT2D eigenvalue weighted by atomic mass is 32.2. The number of nitrogen functional groups attached to an aromatic ring is 1. The predicted molar refractivity (Wildman–Crippen MR) is 113 cm³/mol. The highest BCUT2D eigenvalue weighted by Gasteiger charge is 2.21. The van der Waals surface area contributed by atoms with Crippen LogP contribution in [0.5, 0.6) is 5.75 Å². The number of anilines is 1. The van der Waals surface area contributed by atoms with Crippen LogP contribution in [0.3, 0.4) is 0 Å². The molecule has 6 nitrogen and oxygen atoms in total. The second-order valence-electron chi connectivity index (χ2n) is 6.68. The first-order valence-corrected chi connectivity index (χ1v) is 10.9. The van der Waals surface area contributed by atoms with Crippen molar-refractivity contribution in [3.05, 3.63) is 54.2 Å². The standard InChI is InChI=1S/C21H27N3O3S/c1-4-23(5-2)13-12-16-15-24(21-11-8-18(27-3)14-20(16)21)28(25,26)19-9-6-17(22)7-10-19/h6-11,14-15H,4-5,12-13,22H2,1-3H3. The van der Waals surface area contributed by atoms with E-state index in [2.05, 4.69) is 18.7 Å². The molecule has 0 atom stereocenters. The van der Waals surface area contributed by atoms with Crippen LogP contribution in [-0.4, -0.2) is 44.0 Å². The van der Waals surface area contributed by atoms with Gasteiger partial charge in [-0.05, 0) is 67.5 Å². The van der Waals surface area contributed by atoms with Crippen molar-refractivity contribution in [3.63, 3.8) is 0 Å². The number of nitrogens with two attached hydrogens (primary N) is 1. The molecule has 3 rings (SSSR count). The van der Waals surface area contributed by atoms with Crippen LogP contribution in [-0.2, 0) is 16.4 Å². The number of rotatable bonds is 8. The van der Waals surface area contributed by atoms with Gasteiger partial charge in [0.1, 0.15) is 5.75 Å². The van der Waals surface area contributed by atoms with E-state index in [4.69, 9.17) is 10.5 Å². The van der Waals surface area contributed by atoms with Crippen molar-refractivity contribution in [2.24, 2.45) is 0 Å². The summed E-state index contributed by atoms with van der Waals surface area (Å²) in [6.07, 6.45) is 2.49. The lowest BCUT2D eigenvalue weighted by Gasteiger charge is -2.17. The van der Waals surface area contributed by atoms with E-state index in [0.29, 0.717) is 17.0 Å². The summed E-state index contributed by atoms with van der Waals surface area (Å²) >= 11 is 0. The van der Waals surface area contributed by atoms with Crippen molar-refractivity contribution in [2.45, 2.75) is 25.2 Å².